The summed E-state index contributed by atoms with van der Waals surface area (Å²) in [6, 6.07) is 0.810. The van der Waals surface area contributed by atoms with Crippen molar-refractivity contribution >= 4 is 5.95 Å². The van der Waals surface area contributed by atoms with E-state index in [-0.39, 0.29) is 0 Å². The molecule has 2 atom stereocenters. The summed E-state index contributed by atoms with van der Waals surface area (Å²) in [6.45, 7) is 7.83. The van der Waals surface area contributed by atoms with Gasteiger partial charge in [-0.3, -0.25) is 0 Å². The van der Waals surface area contributed by atoms with Crippen molar-refractivity contribution in [3.8, 4) is 0 Å². The quantitative estimate of drug-likeness (QED) is 0.795. The van der Waals surface area contributed by atoms with Gasteiger partial charge in [0.1, 0.15) is 0 Å². The maximum atomic E-state index is 6.02. The Morgan fingerprint density at radius 2 is 2.37 bits per heavy atom. The average molecular weight is 266 g/mol. The molecule has 1 aliphatic heterocycles. The van der Waals surface area contributed by atoms with Crippen molar-refractivity contribution < 1.29 is 4.74 Å². The van der Waals surface area contributed by atoms with E-state index in [1.54, 1.807) is 0 Å². The summed E-state index contributed by atoms with van der Waals surface area (Å²) >= 11 is 0. The molecule has 0 aliphatic carbocycles. The zero-order valence-electron chi connectivity index (χ0n) is 12.1. The number of ether oxygens (including phenoxy) is 1. The highest BCUT2D eigenvalue weighted by molar-refractivity contribution is 5.34. The summed E-state index contributed by atoms with van der Waals surface area (Å²) in [4.78, 5) is 6.90. The van der Waals surface area contributed by atoms with Gasteiger partial charge in [0, 0.05) is 50.8 Å². The molecule has 108 valence electrons. The lowest BCUT2D eigenvalue weighted by Crippen LogP contribution is -2.46. The first-order valence-corrected chi connectivity index (χ1v) is 7.33. The number of piperidine rings is 1. The highest BCUT2D eigenvalue weighted by atomic mass is 16.5. The van der Waals surface area contributed by atoms with E-state index in [4.69, 9.17) is 10.5 Å². The van der Waals surface area contributed by atoms with Crippen LogP contribution in [0.2, 0.25) is 0 Å². The summed E-state index contributed by atoms with van der Waals surface area (Å²) < 4.78 is 7.62. The number of imidazole rings is 1. The van der Waals surface area contributed by atoms with Crippen LogP contribution in [0.3, 0.4) is 0 Å². The molecule has 1 saturated heterocycles. The standard InChI is InChI=1S/C14H26N4O/c1-3-19-10-4-7-17-9-6-16-14(17)18-8-5-13(15)11-12(18)2/h6,9,12-13H,3-5,7-8,10-11,15H2,1-2H3. The molecule has 0 spiro atoms. The second-order valence-corrected chi connectivity index (χ2v) is 5.30. The van der Waals surface area contributed by atoms with Crippen LogP contribution in [-0.2, 0) is 11.3 Å². The maximum absolute atomic E-state index is 6.02. The van der Waals surface area contributed by atoms with Crippen LogP contribution in [0.25, 0.3) is 0 Å². The van der Waals surface area contributed by atoms with Crippen LogP contribution in [0, 0.1) is 0 Å². The van der Waals surface area contributed by atoms with Gasteiger partial charge in [-0.25, -0.2) is 4.98 Å². The van der Waals surface area contributed by atoms with Crippen LogP contribution in [0.5, 0.6) is 0 Å². The summed E-state index contributed by atoms with van der Waals surface area (Å²) in [5.41, 5.74) is 6.02. The van der Waals surface area contributed by atoms with Gasteiger partial charge < -0.3 is 19.9 Å². The SMILES string of the molecule is CCOCCCn1ccnc1N1CCC(N)CC1C. The van der Waals surface area contributed by atoms with Gasteiger partial charge in [-0.1, -0.05) is 0 Å². The Kier molecular flexibility index (Phi) is 5.22. The van der Waals surface area contributed by atoms with Crippen molar-refractivity contribution in [2.75, 3.05) is 24.7 Å². The number of aromatic nitrogens is 2. The van der Waals surface area contributed by atoms with Gasteiger partial charge in [-0.2, -0.15) is 0 Å². The first kappa shape index (κ1) is 14.3. The molecule has 19 heavy (non-hydrogen) atoms. The van der Waals surface area contributed by atoms with E-state index >= 15 is 0 Å². The molecule has 0 aromatic carbocycles. The van der Waals surface area contributed by atoms with Crippen LogP contribution in [0.15, 0.2) is 12.4 Å². The zero-order valence-corrected chi connectivity index (χ0v) is 12.1. The van der Waals surface area contributed by atoms with E-state index in [0.29, 0.717) is 12.1 Å². The Balaban J connectivity index is 1.94. The molecule has 1 aromatic heterocycles. The van der Waals surface area contributed by atoms with Crippen molar-refractivity contribution in [3.63, 3.8) is 0 Å². The molecule has 0 saturated carbocycles. The Hall–Kier alpha value is -1.07. The third-order valence-corrected chi connectivity index (χ3v) is 3.76. The van der Waals surface area contributed by atoms with Crippen LogP contribution in [0.4, 0.5) is 5.95 Å². The van der Waals surface area contributed by atoms with E-state index in [9.17, 15) is 0 Å². The van der Waals surface area contributed by atoms with Crippen LogP contribution >= 0.6 is 0 Å². The number of anilines is 1. The van der Waals surface area contributed by atoms with Gasteiger partial charge in [0.15, 0.2) is 0 Å². The summed E-state index contributed by atoms with van der Waals surface area (Å²) in [6.07, 6.45) is 7.07. The van der Waals surface area contributed by atoms with Crippen molar-refractivity contribution in [2.45, 2.75) is 51.7 Å². The molecule has 0 bridgehead atoms. The largest absolute Gasteiger partial charge is 0.382 e. The minimum absolute atomic E-state index is 0.340. The normalized spacial score (nSPS) is 23.8. The third-order valence-electron chi connectivity index (χ3n) is 3.76. The molecule has 0 radical (unpaired) electrons. The monoisotopic (exact) mass is 266 g/mol. The number of aryl methyl sites for hydroxylation is 1. The van der Waals surface area contributed by atoms with Crippen molar-refractivity contribution in [3.05, 3.63) is 12.4 Å². The topological polar surface area (TPSA) is 56.3 Å². The highest BCUT2D eigenvalue weighted by Gasteiger charge is 2.25. The van der Waals surface area contributed by atoms with Gasteiger partial charge in [0.05, 0.1) is 0 Å². The Morgan fingerprint density at radius 1 is 1.53 bits per heavy atom. The molecule has 1 fully saturated rings. The van der Waals surface area contributed by atoms with Gasteiger partial charge in [0.2, 0.25) is 5.95 Å². The van der Waals surface area contributed by atoms with Gasteiger partial charge in [-0.05, 0) is 33.1 Å². The van der Waals surface area contributed by atoms with Gasteiger partial charge >= 0.3 is 0 Å². The molecule has 1 aromatic rings. The van der Waals surface area contributed by atoms with E-state index < -0.39 is 0 Å². The smallest absolute Gasteiger partial charge is 0.205 e. The second-order valence-electron chi connectivity index (χ2n) is 5.30. The number of hydrogen-bond donors (Lipinski definition) is 1. The number of nitrogens with two attached hydrogens (primary N) is 1. The predicted octanol–water partition coefficient (Wildman–Crippen LogP) is 1.63. The highest BCUT2D eigenvalue weighted by Crippen LogP contribution is 2.22. The molecule has 0 amide bonds. The van der Waals surface area contributed by atoms with E-state index in [1.165, 1.54) is 0 Å². The molecule has 5 heteroatoms. The minimum atomic E-state index is 0.340. The lowest BCUT2D eigenvalue weighted by Gasteiger charge is -2.37. The first-order chi connectivity index (χ1) is 9.22. The van der Waals surface area contributed by atoms with Crippen LogP contribution in [-0.4, -0.2) is 41.4 Å². The second kappa shape index (κ2) is 6.91. The van der Waals surface area contributed by atoms with Crippen molar-refractivity contribution in [2.24, 2.45) is 5.73 Å². The van der Waals surface area contributed by atoms with Crippen LogP contribution in [0.1, 0.15) is 33.1 Å². The lowest BCUT2D eigenvalue weighted by atomic mass is 10.00. The fourth-order valence-corrected chi connectivity index (χ4v) is 2.72. The van der Waals surface area contributed by atoms with Gasteiger partial charge in [-0.15, -0.1) is 0 Å². The van der Waals surface area contributed by atoms with E-state index in [0.717, 1.165) is 51.5 Å². The molecule has 5 nitrogen and oxygen atoms in total. The Bertz CT molecular complexity index is 379. The summed E-state index contributed by atoms with van der Waals surface area (Å²) in [5.74, 6) is 1.08. The molecular weight excluding hydrogens is 240 g/mol. The van der Waals surface area contributed by atoms with E-state index in [2.05, 4.69) is 27.6 Å². The van der Waals surface area contributed by atoms with Crippen molar-refractivity contribution in [1.82, 2.24) is 9.55 Å². The number of rotatable bonds is 6. The Morgan fingerprint density at radius 3 is 3.11 bits per heavy atom. The lowest BCUT2D eigenvalue weighted by molar-refractivity contribution is 0.141. The maximum Gasteiger partial charge on any atom is 0.205 e. The number of nitrogens with zero attached hydrogens (tertiary/aromatic N) is 3. The van der Waals surface area contributed by atoms with Crippen LogP contribution < -0.4 is 10.6 Å². The summed E-state index contributed by atoms with van der Waals surface area (Å²) in [5, 5.41) is 0. The fourth-order valence-electron chi connectivity index (χ4n) is 2.72. The van der Waals surface area contributed by atoms with Gasteiger partial charge in [0.25, 0.3) is 0 Å². The molecular formula is C14H26N4O. The van der Waals surface area contributed by atoms with E-state index in [1.807, 2.05) is 13.1 Å². The minimum Gasteiger partial charge on any atom is -0.382 e. The Labute approximate surface area is 115 Å². The number of hydrogen-bond acceptors (Lipinski definition) is 4. The molecule has 2 heterocycles. The molecule has 2 N–H and O–H groups in total. The molecule has 2 rings (SSSR count). The molecule has 1 aliphatic rings. The zero-order chi connectivity index (χ0) is 13.7. The third kappa shape index (κ3) is 3.70. The average Bonchev–Trinajstić information content (AvgIpc) is 2.83. The van der Waals surface area contributed by atoms with Crippen molar-refractivity contribution in [1.29, 1.82) is 0 Å². The first-order valence-electron chi connectivity index (χ1n) is 7.33. The predicted molar refractivity (Wildman–Crippen MR) is 77.4 cm³/mol. The summed E-state index contributed by atoms with van der Waals surface area (Å²) in [7, 11) is 0. The molecule has 2 unspecified atom stereocenters. The fraction of sp³-hybridized carbons (Fsp3) is 0.786.